The average molecular weight is 324 g/mol. The van der Waals surface area contributed by atoms with Gasteiger partial charge in [0.05, 0.1) is 13.2 Å². The molecular formula is C18H26ClNO2. The first kappa shape index (κ1) is 17.2. The Morgan fingerprint density at radius 3 is 2.59 bits per heavy atom. The monoisotopic (exact) mass is 323 g/mol. The predicted octanol–water partition coefficient (Wildman–Crippen LogP) is 5.24. The molecule has 1 unspecified atom stereocenters. The smallest absolute Gasteiger partial charge is 0.176 e. The Morgan fingerprint density at radius 1 is 1.18 bits per heavy atom. The topological polar surface area (TPSA) is 34.4 Å². The number of hydrogen-bond donors (Lipinski definition) is 1. The number of halogens is 1. The van der Waals surface area contributed by atoms with Crippen molar-refractivity contribution < 1.29 is 9.15 Å². The van der Waals surface area contributed by atoms with Crippen LogP contribution in [0.25, 0.3) is 11.0 Å². The van der Waals surface area contributed by atoms with E-state index >= 15 is 0 Å². The van der Waals surface area contributed by atoms with E-state index in [1.807, 2.05) is 12.1 Å². The van der Waals surface area contributed by atoms with Crippen LogP contribution in [0.4, 0.5) is 0 Å². The predicted molar refractivity (Wildman–Crippen MR) is 93.1 cm³/mol. The lowest BCUT2D eigenvalue weighted by Crippen LogP contribution is -2.30. The standard InChI is InChI=1S/C18H25NO2.ClH/c1-13(19-15-9-5-3-4-6-10-15)17-12-14-8-7-11-16(20-2)18(14)21-17;/h7-8,11-13,15,19H,3-6,9-10H2,1-2H3;1H. The first-order valence-corrected chi connectivity index (χ1v) is 8.10. The van der Waals surface area contributed by atoms with Crippen molar-refractivity contribution in [3.8, 4) is 5.75 Å². The van der Waals surface area contributed by atoms with Crippen molar-refractivity contribution in [2.75, 3.05) is 7.11 Å². The van der Waals surface area contributed by atoms with Gasteiger partial charge in [0.1, 0.15) is 5.76 Å². The lowest BCUT2D eigenvalue weighted by atomic mass is 10.1. The number of hydrogen-bond acceptors (Lipinski definition) is 3. The van der Waals surface area contributed by atoms with E-state index in [1.54, 1.807) is 7.11 Å². The molecule has 3 rings (SSSR count). The fraction of sp³-hybridized carbons (Fsp3) is 0.556. The van der Waals surface area contributed by atoms with Gasteiger partial charge >= 0.3 is 0 Å². The number of benzene rings is 1. The third-order valence-electron chi connectivity index (χ3n) is 4.51. The Hall–Kier alpha value is -1.19. The van der Waals surface area contributed by atoms with Gasteiger partial charge in [0, 0.05) is 11.4 Å². The molecule has 2 aromatic rings. The van der Waals surface area contributed by atoms with Gasteiger partial charge in [-0.15, -0.1) is 12.4 Å². The van der Waals surface area contributed by atoms with Crippen molar-refractivity contribution in [2.24, 2.45) is 0 Å². The molecule has 22 heavy (non-hydrogen) atoms. The summed E-state index contributed by atoms with van der Waals surface area (Å²) in [7, 11) is 1.68. The molecule has 1 fully saturated rings. The van der Waals surface area contributed by atoms with Crippen molar-refractivity contribution in [3.05, 3.63) is 30.0 Å². The van der Waals surface area contributed by atoms with Crippen LogP contribution in [0.2, 0.25) is 0 Å². The Kier molecular flexibility index (Phi) is 6.16. The van der Waals surface area contributed by atoms with Gasteiger partial charge < -0.3 is 14.5 Å². The summed E-state index contributed by atoms with van der Waals surface area (Å²) in [6.07, 6.45) is 8.03. The molecule has 1 aliphatic carbocycles. The Labute approximate surface area is 138 Å². The third-order valence-corrected chi connectivity index (χ3v) is 4.51. The lowest BCUT2D eigenvalue weighted by Gasteiger charge is -2.20. The van der Waals surface area contributed by atoms with E-state index < -0.39 is 0 Å². The summed E-state index contributed by atoms with van der Waals surface area (Å²) < 4.78 is 11.4. The van der Waals surface area contributed by atoms with Crippen LogP contribution in [0.3, 0.4) is 0 Å². The molecule has 0 bridgehead atoms. The minimum atomic E-state index is 0. The second kappa shape index (κ2) is 7.89. The second-order valence-electron chi connectivity index (χ2n) is 6.10. The molecule has 3 nitrogen and oxygen atoms in total. The van der Waals surface area contributed by atoms with Crippen LogP contribution in [-0.2, 0) is 0 Å². The van der Waals surface area contributed by atoms with Crippen LogP contribution in [0.5, 0.6) is 5.75 Å². The highest BCUT2D eigenvalue weighted by atomic mass is 35.5. The Balaban J connectivity index is 0.00000176. The number of rotatable bonds is 4. The highest BCUT2D eigenvalue weighted by Gasteiger charge is 2.18. The quantitative estimate of drug-likeness (QED) is 0.782. The Morgan fingerprint density at radius 2 is 1.91 bits per heavy atom. The van der Waals surface area contributed by atoms with Gasteiger partial charge in [0.25, 0.3) is 0 Å². The summed E-state index contributed by atoms with van der Waals surface area (Å²) in [5.41, 5.74) is 0.851. The third kappa shape index (κ3) is 3.76. The minimum Gasteiger partial charge on any atom is -0.493 e. The van der Waals surface area contributed by atoms with Gasteiger partial charge in [-0.3, -0.25) is 0 Å². The molecule has 122 valence electrons. The molecular weight excluding hydrogens is 298 g/mol. The summed E-state index contributed by atoms with van der Waals surface area (Å²) in [6.45, 7) is 2.19. The summed E-state index contributed by atoms with van der Waals surface area (Å²) in [6, 6.07) is 9.01. The lowest BCUT2D eigenvalue weighted by molar-refractivity contribution is 0.367. The Bertz CT molecular complexity index is 588. The van der Waals surface area contributed by atoms with E-state index in [-0.39, 0.29) is 18.4 Å². The van der Waals surface area contributed by atoms with Gasteiger partial charge in [-0.1, -0.05) is 37.8 Å². The van der Waals surface area contributed by atoms with E-state index in [9.17, 15) is 0 Å². The fourth-order valence-corrected chi connectivity index (χ4v) is 3.31. The zero-order valence-electron chi connectivity index (χ0n) is 13.4. The second-order valence-corrected chi connectivity index (χ2v) is 6.10. The highest BCUT2D eigenvalue weighted by molar-refractivity contribution is 5.85. The van der Waals surface area contributed by atoms with Gasteiger partial charge in [-0.05, 0) is 31.9 Å². The van der Waals surface area contributed by atoms with Gasteiger partial charge in [0.15, 0.2) is 11.3 Å². The largest absolute Gasteiger partial charge is 0.493 e. The van der Waals surface area contributed by atoms with Crippen molar-refractivity contribution in [2.45, 2.75) is 57.5 Å². The number of nitrogens with one attached hydrogen (secondary N) is 1. The maximum absolute atomic E-state index is 6.04. The van der Waals surface area contributed by atoms with E-state index in [2.05, 4.69) is 24.4 Å². The maximum atomic E-state index is 6.04. The van der Waals surface area contributed by atoms with E-state index in [0.29, 0.717) is 6.04 Å². The fourth-order valence-electron chi connectivity index (χ4n) is 3.31. The molecule has 0 saturated heterocycles. The molecule has 1 saturated carbocycles. The van der Waals surface area contributed by atoms with Crippen LogP contribution in [-0.4, -0.2) is 13.2 Å². The van der Waals surface area contributed by atoms with Gasteiger partial charge in [-0.2, -0.15) is 0 Å². The van der Waals surface area contributed by atoms with E-state index in [1.165, 1.54) is 38.5 Å². The number of furan rings is 1. The molecule has 0 radical (unpaired) electrons. The summed E-state index contributed by atoms with van der Waals surface area (Å²) >= 11 is 0. The van der Waals surface area contributed by atoms with Crippen LogP contribution < -0.4 is 10.1 Å². The van der Waals surface area contributed by atoms with E-state index in [0.717, 1.165) is 22.5 Å². The summed E-state index contributed by atoms with van der Waals surface area (Å²) in [5, 5.41) is 4.85. The van der Waals surface area contributed by atoms with Crippen molar-refractivity contribution in [1.82, 2.24) is 5.32 Å². The molecule has 0 aliphatic heterocycles. The summed E-state index contributed by atoms with van der Waals surface area (Å²) in [4.78, 5) is 0. The highest BCUT2D eigenvalue weighted by Crippen LogP contribution is 2.31. The molecule has 1 aromatic heterocycles. The molecule has 0 spiro atoms. The molecule has 1 atom stereocenters. The van der Waals surface area contributed by atoms with Crippen molar-refractivity contribution in [1.29, 1.82) is 0 Å². The number of methoxy groups -OCH3 is 1. The number of fused-ring (bicyclic) bond motifs is 1. The van der Waals surface area contributed by atoms with Crippen LogP contribution in [0.15, 0.2) is 28.7 Å². The first-order chi connectivity index (χ1) is 10.3. The summed E-state index contributed by atoms with van der Waals surface area (Å²) in [5.74, 6) is 1.80. The van der Waals surface area contributed by atoms with Crippen LogP contribution in [0.1, 0.15) is 57.3 Å². The average Bonchev–Trinajstić information content (AvgIpc) is 2.78. The van der Waals surface area contributed by atoms with Crippen molar-refractivity contribution >= 4 is 23.4 Å². The molecule has 0 amide bonds. The zero-order valence-corrected chi connectivity index (χ0v) is 14.2. The zero-order chi connectivity index (χ0) is 14.7. The molecule has 4 heteroatoms. The molecule has 1 heterocycles. The molecule has 1 N–H and O–H groups in total. The van der Waals surface area contributed by atoms with Gasteiger partial charge in [0.2, 0.25) is 0 Å². The van der Waals surface area contributed by atoms with Crippen LogP contribution >= 0.6 is 12.4 Å². The SMILES string of the molecule is COc1cccc2cc(C(C)NC3CCCCCC3)oc12.Cl. The van der Waals surface area contributed by atoms with Gasteiger partial charge in [-0.25, -0.2) is 0 Å². The van der Waals surface area contributed by atoms with Crippen molar-refractivity contribution in [3.63, 3.8) is 0 Å². The number of para-hydroxylation sites is 1. The first-order valence-electron chi connectivity index (χ1n) is 8.10. The maximum Gasteiger partial charge on any atom is 0.176 e. The minimum absolute atomic E-state index is 0. The normalized spacial score (nSPS) is 17.7. The number of ether oxygens (including phenoxy) is 1. The molecule has 1 aromatic carbocycles. The van der Waals surface area contributed by atoms with E-state index in [4.69, 9.17) is 9.15 Å². The molecule has 1 aliphatic rings. The van der Waals surface area contributed by atoms with Crippen LogP contribution in [0, 0.1) is 0 Å².